The summed E-state index contributed by atoms with van der Waals surface area (Å²) in [6.07, 6.45) is 0. The third kappa shape index (κ3) is 4.01. The van der Waals surface area contributed by atoms with Crippen molar-refractivity contribution in [1.29, 1.82) is 5.26 Å². The summed E-state index contributed by atoms with van der Waals surface area (Å²) in [5.74, 6) is 0. The third-order valence-electron chi connectivity index (χ3n) is 3.81. The summed E-state index contributed by atoms with van der Waals surface area (Å²) in [4.78, 5) is 2.36. The highest BCUT2D eigenvalue weighted by atomic mass is 35.5. The molecule has 0 bridgehead atoms. The van der Waals surface area contributed by atoms with Crippen molar-refractivity contribution in [3.8, 4) is 6.07 Å². The Morgan fingerprint density at radius 3 is 2.78 bits per heavy atom. The Balaban J connectivity index is 1.81. The number of ether oxygens (including phenoxy) is 1. The molecule has 1 atom stereocenters. The topological polar surface area (TPSA) is 61.2 Å². The van der Waals surface area contributed by atoms with Crippen LogP contribution in [0.1, 0.15) is 17.2 Å². The fourth-order valence-electron chi connectivity index (χ4n) is 2.59. The lowest BCUT2D eigenvalue weighted by atomic mass is 10.1. The van der Waals surface area contributed by atoms with Gasteiger partial charge in [-0.05, 0) is 17.1 Å². The first-order chi connectivity index (χ1) is 11.3. The van der Waals surface area contributed by atoms with Gasteiger partial charge in [0.05, 0.1) is 19.3 Å². The molecule has 7 heteroatoms. The van der Waals surface area contributed by atoms with Crippen LogP contribution >= 0.6 is 23.1 Å². The molecule has 1 unspecified atom stereocenters. The van der Waals surface area contributed by atoms with Crippen molar-refractivity contribution in [2.45, 2.75) is 6.04 Å². The Morgan fingerprint density at radius 2 is 2.09 bits per heavy atom. The molecule has 1 aliphatic heterocycles. The molecular formula is C16H17ClN4OS. The number of nitrogens with zero attached hydrogens (tertiary/aromatic N) is 3. The zero-order valence-corrected chi connectivity index (χ0v) is 14.1. The Hall–Kier alpha value is -1.65. The molecule has 3 rings (SSSR count). The Kier molecular flexibility index (Phi) is 5.47. The van der Waals surface area contributed by atoms with E-state index >= 15 is 0 Å². The summed E-state index contributed by atoms with van der Waals surface area (Å²) in [5.41, 5.74) is 1.59. The Bertz CT molecular complexity index is 679. The van der Waals surface area contributed by atoms with E-state index in [1.807, 2.05) is 18.2 Å². The minimum absolute atomic E-state index is 0.0675. The molecule has 2 aromatic rings. The van der Waals surface area contributed by atoms with Crippen LogP contribution in [0.25, 0.3) is 0 Å². The van der Waals surface area contributed by atoms with Gasteiger partial charge in [0.25, 0.3) is 0 Å². The first kappa shape index (κ1) is 16.2. The first-order valence-corrected chi connectivity index (χ1v) is 8.60. The summed E-state index contributed by atoms with van der Waals surface area (Å²) in [6, 6.07) is 12.4. The van der Waals surface area contributed by atoms with E-state index < -0.39 is 0 Å². The molecule has 120 valence electrons. The number of morpholine rings is 1. The van der Waals surface area contributed by atoms with Gasteiger partial charge in [0.2, 0.25) is 0 Å². The number of halogens is 1. The fourth-order valence-corrected chi connectivity index (χ4v) is 3.57. The molecule has 1 N–H and O–H groups in total. The van der Waals surface area contributed by atoms with Gasteiger partial charge in [-0.1, -0.05) is 41.9 Å². The first-order valence-electron chi connectivity index (χ1n) is 7.45. The molecule has 23 heavy (non-hydrogen) atoms. The van der Waals surface area contributed by atoms with Crippen LogP contribution < -0.4 is 5.32 Å². The molecule has 1 aromatic carbocycles. The van der Waals surface area contributed by atoms with E-state index in [1.54, 1.807) is 0 Å². The van der Waals surface area contributed by atoms with E-state index in [0.717, 1.165) is 37.8 Å². The summed E-state index contributed by atoms with van der Waals surface area (Å²) in [6.45, 7) is 4.20. The second kappa shape index (κ2) is 7.75. The van der Waals surface area contributed by atoms with Gasteiger partial charge in [0.1, 0.15) is 16.6 Å². The van der Waals surface area contributed by atoms with Crippen molar-refractivity contribution in [1.82, 2.24) is 9.27 Å². The van der Waals surface area contributed by atoms with Crippen molar-refractivity contribution >= 4 is 28.1 Å². The highest BCUT2D eigenvalue weighted by Crippen LogP contribution is 2.31. The molecule has 0 aliphatic carbocycles. The lowest BCUT2D eigenvalue weighted by Gasteiger charge is -2.31. The summed E-state index contributed by atoms with van der Waals surface area (Å²) >= 11 is 7.20. The number of aromatic nitrogens is 1. The van der Waals surface area contributed by atoms with Gasteiger partial charge in [-0.25, -0.2) is 0 Å². The van der Waals surface area contributed by atoms with Crippen molar-refractivity contribution in [3.05, 3.63) is 46.6 Å². The van der Waals surface area contributed by atoms with E-state index in [1.165, 1.54) is 17.1 Å². The van der Waals surface area contributed by atoms with Crippen LogP contribution in [0.3, 0.4) is 0 Å². The minimum Gasteiger partial charge on any atom is -0.379 e. The molecule has 1 aromatic heterocycles. The van der Waals surface area contributed by atoms with E-state index in [4.69, 9.17) is 16.3 Å². The van der Waals surface area contributed by atoms with Gasteiger partial charge in [-0.15, -0.1) is 0 Å². The van der Waals surface area contributed by atoms with E-state index in [0.29, 0.717) is 5.56 Å². The fraction of sp³-hybridized carbons (Fsp3) is 0.375. The SMILES string of the molecule is N#Cc1c(Cl)nsc1NC(CN1CCOCC1)c1ccccc1. The quantitative estimate of drug-likeness (QED) is 0.899. The van der Waals surface area contributed by atoms with Crippen LogP contribution in [-0.4, -0.2) is 42.1 Å². The van der Waals surface area contributed by atoms with Crippen LogP contribution in [0.2, 0.25) is 5.15 Å². The molecule has 0 saturated carbocycles. The van der Waals surface area contributed by atoms with E-state index in [2.05, 4.69) is 32.8 Å². The molecule has 1 fully saturated rings. The molecule has 0 radical (unpaired) electrons. The highest BCUT2D eigenvalue weighted by molar-refractivity contribution is 7.10. The van der Waals surface area contributed by atoms with Gasteiger partial charge < -0.3 is 10.1 Å². The molecule has 0 amide bonds. The molecule has 2 heterocycles. The second-order valence-corrected chi connectivity index (χ2v) is 6.44. The smallest absolute Gasteiger partial charge is 0.162 e. The standard InChI is InChI=1S/C16H17ClN4OS/c17-15-13(10-18)16(23-20-15)19-14(12-4-2-1-3-5-12)11-21-6-8-22-9-7-21/h1-5,14,19H,6-9,11H2. The van der Waals surface area contributed by atoms with Gasteiger partial charge in [-0.2, -0.15) is 9.64 Å². The maximum Gasteiger partial charge on any atom is 0.162 e. The van der Waals surface area contributed by atoms with Gasteiger partial charge >= 0.3 is 0 Å². The van der Waals surface area contributed by atoms with Crippen LogP contribution in [0.4, 0.5) is 5.00 Å². The maximum absolute atomic E-state index is 9.26. The largest absolute Gasteiger partial charge is 0.379 e. The Labute approximate surface area is 144 Å². The van der Waals surface area contributed by atoms with Crippen LogP contribution in [0.15, 0.2) is 30.3 Å². The molecule has 1 aliphatic rings. The summed E-state index contributed by atoms with van der Waals surface area (Å²) in [7, 11) is 0. The van der Waals surface area contributed by atoms with Gasteiger partial charge in [-0.3, -0.25) is 4.90 Å². The van der Waals surface area contributed by atoms with Crippen molar-refractivity contribution in [3.63, 3.8) is 0 Å². The molecule has 5 nitrogen and oxygen atoms in total. The number of benzene rings is 1. The molecular weight excluding hydrogens is 332 g/mol. The number of hydrogen-bond donors (Lipinski definition) is 1. The zero-order chi connectivity index (χ0) is 16.1. The van der Waals surface area contributed by atoms with Crippen molar-refractivity contribution in [2.24, 2.45) is 0 Å². The summed E-state index contributed by atoms with van der Waals surface area (Å²) in [5, 5.41) is 13.7. The third-order valence-corrected chi connectivity index (χ3v) is 4.97. The Morgan fingerprint density at radius 1 is 1.35 bits per heavy atom. The summed E-state index contributed by atoms with van der Waals surface area (Å²) < 4.78 is 9.48. The van der Waals surface area contributed by atoms with Crippen molar-refractivity contribution < 1.29 is 4.74 Å². The van der Waals surface area contributed by atoms with E-state index in [9.17, 15) is 5.26 Å². The van der Waals surface area contributed by atoms with Gasteiger partial charge in [0.15, 0.2) is 5.15 Å². The zero-order valence-electron chi connectivity index (χ0n) is 12.5. The lowest BCUT2D eigenvalue weighted by Crippen LogP contribution is -2.40. The van der Waals surface area contributed by atoms with Crippen LogP contribution in [-0.2, 0) is 4.74 Å². The van der Waals surface area contributed by atoms with Gasteiger partial charge in [0, 0.05) is 19.6 Å². The minimum atomic E-state index is 0.0675. The lowest BCUT2D eigenvalue weighted by molar-refractivity contribution is 0.0361. The predicted octanol–water partition coefficient (Wildman–Crippen LogP) is 3.15. The number of rotatable bonds is 5. The highest BCUT2D eigenvalue weighted by Gasteiger charge is 2.21. The number of nitrogens with one attached hydrogen (secondary N) is 1. The predicted molar refractivity (Wildman–Crippen MR) is 91.9 cm³/mol. The average molecular weight is 349 g/mol. The number of hydrogen-bond acceptors (Lipinski definition) is 6. The number of nitriles is 1. The maximum atomic E-state index is 9.26. The second-order valence-electron chi connectivity index (χ2n) is 5.31. The normalized spacial score (nSPS) is 16.7. The molecule has 0 spiro atoms. The average Bonchev–Trinajstić information content (AvgIpc) is 2.95. The van der Waals surface area contributed by atoms with Crippen LogP contribution in [0, 0.1) is 11.3 Å². The monoisotopic (exact) mass is 348 g/mol. The van der Waals surface area contributed by atoms with Crippen molar-refractivity contribution in [2.75, 3.05) is 38.2 Å². The van der Waals surface area contributed by atoms with E-state index in [-0.39, 0.29) is 11.2 Å². The molecule has 1 saturated heterocycles. The van der Waals surface area contributed by atoms with Crippen LogP contribution in [0.5, 0.6) is 0 Å². The number of anilines is 1.